The number of ether oxygens (including phenoxy) is 2. The maximum absolute atomic E-state index is 13.4. The molecule has 0 fully saturated rings. The zero-order chi connectivity index (χ0) is 25.4. The first kappa shape index (κ1) is 23.6. The van der Waals surface area contributed by atoms with Gasteiger partial charge in [0.05, 0.1) is 5.56 Å². The predicted molar refractivity (Wildman–Crippen MR) is 147 cm³/mol. The zero-order valence-electron chi connectivity index (χ0n) is 21.0. The summed E-state index contributed by atoms with van der Waals surface area (Å²) in [6.45, 7) is 4.93. The van der Waals surface area contributed by atoms with Gasteiger partial charge in [0.25, 0.3) is 5.91 Å². The molecule has 6 rings (SSSR count). The molecule has 1 amide bonds. The monoisotopic (exact) mass is 511 g/mol. The summed E-state index contributed by atoms with van der Waals surface area (Å²) in [7, 11) is 0. The van der Waals surface area contributed by atoms with Gasteiger partial charge >= 0.3 is 0 Å². The highest BCUT2D eigenvalue weighted by molar-refractivity contribution is 7.16. The number of aromatic nitrogens is 1. The molecule has 1 N–H and O–H groups in total. The Morgan fingerprint density at radius 3 is 2.73 bits per heavy atom. The van der Waals surface area contributed by atoms with E-state index in [0.717, 1.165) is 69.5 Å². The number of carbonyl (C=O) groups excluding carboxylic acids is 1. The number of carbonyl (C=O) groups is 1. The fourth-order valence-corrected chi connectivity index (χ4v) is 6.44. The van der Waals surface area contributed by atoms with Crippen LogP contribution in [0.2, 0.25) is 0 Å². The topological polar surface area (TPSA) is 64.9 Å². The molecule has 0 atom stereocenters. The van der Waals surface area contributed by atoms with Crippen LogP contribution >= 0.6 is 11.3 Å². The average molecular weight is 512 g/mol. The Morgan fingerprint density at radius 1 is 1.05 bits per heavy atom. The molecule has 7 heteroatoms. The van der Waals surface area contributed by atoms with Crippen molar-refractivity contribution in [2.75, 3.05) is 6.79 Å². The van der Waals surface area contributed by atoms with E-state index in [0.29, 0.717) is 6.54 Å². The number of aryl methyl sites for hydroxylation is 2. The van der Waals surface area contributed by atoms with Gasteiger partial charge in [-0.1, -0.05) is 30.3 Å². The van der Waals surface area contributed by atoms with E-state index in [1.54, 1.807) is 11.3 Å². The summed E-state index contributed by atoms with van der Waals surface area (Å²) >= 11 is 1.66. The molecule has 1 aliphatic heterocycles. The highest BCUT2D eigenvalue weighted by atomic mass is 32.1. The number of aliphatic imine (C=N–C) groups is 1. The van der Waals surface area contributed by atoms with Crippen molar-refractivity contribution in [3.8, 4) is 17.2 Å². The maximum Gasteiger partial charge on any atom is 0.254 e. The molecule has 3 heterocycles. The molecule has 0 bridgehead atoms. The minimum atomic E-state index is -0.0405. The Hall–Kier alpha value is -3.84. The van der Waals surface area contributed by atoms with Crippen LogP contribution in [-0.4, -0.2) is 23.5 Å². The third kappa shape index (κ3) is 4.55. The summed E-state index contributed by atoms with van der Waals surface area (Å²) in [5.41, 5.74) is 7.24. The number of nitrogens with one attached hydrogen (secondary N) is 1. The lowest BCUT2D eigenvalue weighted by Crippen LogP contribution is -2.24. The van der Waals surface area contributed by atoms with Crippen molar-refractivity contribution in [1.29, 1.82) is 0 Å². The van der Waals surface area contributed by atoms with Gasteiger partial charge in [0.15, 0.2) is 11.5 Å². The molecule has 2 aliphatic rings. The zero-order valence-corrected chi connectivity index (χ0v) is 21.9. The number of fused-ring (bicyclic) bond motifs is 2. The molecular formula is C30H29N3O3S. The summed E-state index contributed by atoms with van der Waals surface area (Å²) in [4.78, 5) is 19.6. The molecule has 0 saturated heterocycles. The van der Waals surface area contributed by atoms with Crippen molar-refractivity contribution in [1.82, 2.24) is 9.88 Å². The Morgan fingerprint density at radius 2 is 1.86 bits per heavy atom. The van der Waals surface area contributed by atoms with Crippen molar-refractivity contribution in [2.45, 2.75) is 46.1 Å². The predicted octanol–water partition coefficient (Wildman–Crippen LogP) is 6.44. The van der Waals surface area contributed by atoms with Crippen LogP contribution in [0.25, 0.3) is 5.69 Å². The Bertz CT molecular complexity index is 1500. The van der Waals surface area contributed by atoms with E-state index < -0.39 is 0 Å². The van der Waals surface area contributed by atoms with Crippen LogP contribution in [0, 0.1) is 13.8 Å². The second-order valence-electron chi connectivity index (χ2n) is 9.52. The van der Waals surface area contributed by atoms with E-state index in [-0.39, 0.29) is 12.7 Å². The molecule has 1 aliphatic carbocycles. The fourth-order valence-electron chi connectivity index (χ4n) is 5.21. The van der Waals surface area contributed by atoms with E-state index in [2.05, 4.69) is 29.8 Å². The van der Waals surface area contributed by atoms with Gasteiger partial charge in [-0.3, -0.25) is 4.79 Å². The normalized spacial score (nSPS) is 14.2. The summed E-state index contributed by atoms with van der Waals surface area (Å²) in [6.07, 6.45) is 6.14. The van der Waals surface area contributed by atoms with Gasteiger partial charge in [-0.15, -0.1) is 11.3 Å². The van der Waals surface area contributed by atoms with Crippen LogP contribution in [0.4, 0.5) is 5.00 Å². The van der Waals surface area contributed by atoms with Gasteiger partial charge < -0.3 is 19.4 Å². The third-order valence-electron chi connectivity index (χ3n) is 7.08. The van der Waals surface area contributed by atoms with E-state index in [4.69, 9.17) is 14.5 Å². The summed E-state index contributed by atoms with van der Waals surface area (Å²) in [5, 5.41) is 3.92. The molecule has 0 unspecified atom stereocenters. The Kier molecular flexibility index (Phi) is 6.30. The van der Waals surface area contributed by atoms with Crippen LogP contribution < -0.4 is 14.8 Å². The second-order valence-corrected chi connectivity index (χ2v) is 10.6. The van der Waals surface area contributed by atoms with E-state index in [1.165, 1.54) is 16.9 Å². The molecule has 2 aromatic carbocycles. The van der Waals surface area contributed by atoms with Crippen LogP contribution in [-0.2, 0) is 19.4 Å². The fraction of sp³-hybridized carbons (Fsp3) is 0.267. The van der Waals surface area contributed by atoms with Gasteiger partial charge in [0.1, 0.15) is 5.00 Å². The number of amides is 1. The van der Waals surface area contributed by atoms with E-state index in [1.807, 2.05) is 54.7 Å². The first-order chi connectivity index (χ1) is 18.1. The van der Waals surface area contributed by atoms with Crippen LogP contribution in [0.15, 0.2) is 59.6 Å². The molecule has 0 spiro atoms. The highest BCUT2D eigenvalue weighted by Gasteiger charge is 2.25. The lowest BCUT2D eigenvalue weighted by atomic mass is 9.95. The van der Waals surface area contributed by atoms with Crippen molar-refractivity contribution in [3.63, 3.8) is 0 Å². The summed E-state index contributed by atoms with van der Waals surface area (Å²) in [6, 6.07) is 18.1. The van der Waals surface area contributed by atoms with Gasteiger partial charge in [-0.25, -0.2) is 4.99 Å². The minimum Gasteiger partial charge on any atom is -0.454 e. The minimum absolute atomic E-state index is 0.0405. The first-order valence-corrected chi connectivity index (χ1v) is 13.5. The number of benzene rings is 2. The molecule has 2 aromatic heterocycles. The van der Waals surface area contributed by atoms with Crippen LogP contribution in [0.3, 0.4) is 0 Å². The molecule has 0 radical (unpaired) electrons. The summed E-state index contributed by atoms with van der Waals surface area (Å²) in [5.74, 6) is 1.49. The number of rotatable bonds is 6. The Balaban J connectivity index is 1.30. The van der Waals surface area contributed by atoms with Crippen molar-refractivity contribution in [2.24, 2.45) is 4.99 Å². The lowest BCUT2D eigenvalue weighted by molar-refractivity contribution is 0.0951. The van der Waals surface area contributed by atoms with Crippen LogP contribution in [0.1, 0.15) is 56.2 Å². The van der Waals surface area contributed by atoms with Crippen LogP contribution in [0.5, 0.6) is 11.5 Å². The number of thiophene rings is 1. The Labute approximate surface area is 220 Å². The molecule has 37 heavy (non-hydrogen) atoms. The van der Waals surface area contributed by atoms with Crippen molar-refractivity contribution < 1.29 is 14.3 Å². The number of nitrogens with zero attached hydrogens (tertiary/aromatic N) is 2. The van der Waals surface area contributed by atoms with Gasteiger partial charge in [-0.05, 0) is 68.9 Å². The van der Waals surface area contributed by atoms with Crippen molar-refractivity contribution in [3.05, 3.63) is 93.1 Å². The smallest absolute Gasteiger partial charge is 0.254 e. The van der Waals surface area contributed by atoms with E-state index in [9.17, 15) is 4.79 Å². The van der Waals surface area contributed by atoms with Gasteiger partial charge in [-0.2, -0.15) is 0 Å². The van der Waals surface area contributed by atoms with Crippen molar-refractivity contribution >= 4 is 28.5 Å². The molecule has 188 valence electrons. The average Bonchev–Trinajstić information content (AvgIpc) is 3.61. The molecule has 0 saturated carbocycles. The molecule has 4 aromatic rings. The summed E-state index contributed by atoms with van der Waals surface area (Å²) < 4.78 is 13.2. The van der Waals surface area contributed by atoms with Gasteiger partial charge in [0.2, 0.25) is 6.79 Å². The standard InChI is InChI=1S/C30H29N3O3S/c1-19-14-22(20(2)33(19)23-12-13-25-26(15-23)36-18-35-25)17-32-30-28(24-10-6-7-11-27(24)37-30)29(34)31-16-21-8-4-3-5-9-21/h3-5,8-9,12-15,17H,6-7,10-11,16,18H2,1-2H3,(H,31,34). The quantitative estimate of drug-likeness (QED) is 0.303. The third-order valence-corrected chi connectivity index (χ3v) is 8.28. The SMILES string of the molecule is Cc1cc(C=Nc2sc3c(c2C(=O)NCc2ccccc2)CCCC3)c(C)n1-c1ccc2c(c1)OCO2. The van der Waals surface area contributed by atoms with E-state index >= 15 is 0 Å². The van der Waals surface area contributed by atoms with Gasteiger partial charge in [0, 0.05) is 46.3 Å². The second kappa shape index (κ2) is 9.90. The number of hydrogen-bond donors (Lipinski definition) is 1. The first-order valence-electron chi connectivity index (χ1n) is 12.7. The molecular weight excluding hydrogens is 482 g/mol. The highest BCUT2D eigenvalue weighted by Crippen LogP contribution is 2.40. The maximum atomic E-state index is 13.4. The number of hydrogen-bond acceptors (Lipinski definition) is 5. The largest absolute Gasteiger partial charge is 0.454 e. The lowest BCUT2D eigenvalue weighted by Gasteiger charge is -2.12. The molecule has 6 nitrogen and oxygen atoms in total.